The van der Waals surface area contributed by atoms with Gasteiger partial charge in [0.15, 0.2) is 0 Å². The molecule has 0 unspecified atom stereocenters. The van der Waals surface area contributed by atoms with Crippen molar-refractivity contribution in [1.82, 2.24) is 10.6 Å². The third kappa shape index (κ3) is 7.98. The molecular weight excluding hydrogens is 340 g/mol. The molecule has 1 atom stereocenters. The number of rotatable bonds is 9. The summed E-state index contributed by atoms with van der Waals surface area (Å²) in [6.07, 6.45) is 6.38. The van der Waals surface area contributed by atoms with E-state index in [0.717, 1.165) is 31.2 Å². The summed E-state index contributed by atoms with van der Waals surface area (Å²) in [6, 6.07) is 9.57. The zero-order chi connectivity index (χ0) is 18.1. The summed E-state index contributed by atoms with van der Waals surface area (Å²) in [5.74, 6) is -0.343. The maximum atomic E-state index is 12.7. The van der Waals surface area contributed by atoms with Gasteiger partial charge in [-0.05, 0) is 37.8 Å². The van der Waals surface area contributed by atoms with Crippen molar-refractivity contribution in [2.45, 2.75) is 57.0 Å². The monoisotopic (exact) mass is 368 g/mol. The number of amides is 1. The molecule has 1 aliphatic carbocycles. The van der Waals surface area contributed by atoms with Crippen LogP contribution in [0.15, 0.2) is 30.3 Å². The third-order valence-electron chi connectivity index (χ3n) is 4.52. The second kappa shape index (κ2) is 9.89. The molecule has 3 N–H and O–H groups in total. The van der Waals surface area contributed by atoms with Gasteiger partial charge in [0.1, 0.15) is 0 Å². The van der Waals surface area contributed by atoms with Crippen molar-refractivity contribution in [1.29, 1.82) is 0 Å². The number of carbonyl (C=O) groups excluding carboxylic acids is 1. The van der Waals surface area contributed by atoms with E-state index in [4.69, 9.17) is 4.55 Å². The van der Waals surface area contributed by atoms with E-state index >= 15 is 0 Å². The quantitative estimate of drug-likeness (QED) is 0.457. The van der Waals surface area contributed by atoms with Crippen LogP contribution in [0.4, 0.5) is 0 Å². The highest BCUT2D eigenvalue weighted by atomic mass is 32.2. The second-order valence-electron chi connectivity index (χ2n) is 6.68. The first-order chi connectivity index (χ1) is 11.9. The van der Waals surface area contributed by atoms with Crippen LogP contribution >= 0.6 is 0 Å². The molecule has 0 bridgehead atoms. The number of hydrogen-bond acceptors (Lipinski definition) is 4. The van der Waals surface area contributed by atoms with Crippen LogP contribution in [0.25, 0.3) is 0 Å². The lowest BCUT2D eigenvalue weighted by Crippen LogP contribution is -2.49. The number of nitrogens with one attached hydrogen (secondary N) is 2. The van der Waals surface area contributed by atoms with E-state index < -0.39 is 16.2 Å². The van der Waals surface area contributed by atoms with Crippen LogP contribution in [0, 0.1) is 0 Å². The van der Waals surface area contributed by atoms with Crippen molar-refractivity contribution in [2.75, 3.05) is 12.3 Å². The van der Waals surface area contributed by atoms with Gasteiger partial charge in [0.05, 0.1) is 11.8 Å². The predicted octanol–water partition coefficient (Wildman–Crippen LogP) is 1.91. The summed E-state index contributed by atoms with van der Waals surface area (Å²) in [5.41, 5.74) is 1.05. The third-order valence-corrected chi connectivity index (χ3v) is 5.33. The molecule has 7 heteroatoms. The number of carbonyl (C=O) groups is 1. The molecule has 1 aromatic carbocycles. The van der Waals surface area contributed by atoms with E-state index in [1.165, 1.54) is 6.42 Å². The Bertz CT molecular complexity index is 628. The average Bonchev–Trinajstić information content (AvgIpc) is 2.58. The summed E-state index contributed by atoms with van der Waals surface area (Å²) in [7, 11) is -3.96. The molecule has 0 aliphatic heterocycles. The molecule has 1 amide bonds. The van der Waals surface area contributed by atoms with Gasteiger partial charge in [-0.2, -0.15) is 8.42 Å². The standard InChI is InChI=1S/C18H28N2O4S/c21-18(20-16-10-5-2-6-11-16)17(14-15-8-3-1-4-9-15)19-12-7-13-25(22,23)24/h1,3-4,8-9,16-17,19H,2,5-7,10-14H2,(H,20,21)(H,22,23,24)/t17-/m1/s1. The topological polar surface area (TPSA) is 95.5 Å². The molecular formula is C18H28N2O4S. The van der Waals surface area contributed by atoms with Gasteiger partial charge in [-0.3, -0.25) is 9.35 Å². The maximum Gasteiger partial charge on any atom is 0.264 e. The molecule has 1 aromatic rings. The molecule has 0 aromatic heterocycles. The van der Waals surface area contributed by atoms with Crippen molar-refractivity contribution >= 4 is 16.0 Å². The van der Waals surface area contributed by atoms with Crippen LogP contribution in [0.1, 0.15) is 44.1 Å². The second-order valence-corrected chi connectivity index (χ2v) is 8.25. The van der Waals surface area contributed by atoms with E-state index in [-0.39, 0.29) is 24.1 Å². The molecule has 0 radical (unpaired) electrons. The lowest BCUT2D eigenvalue weighted by Gasteiger charge is -2.26. The smallest absolute Gasteiger partial charge is 0.264 e. The molecule has 2 rings (SSSR count). The Kier molecular flexibility index (Phi) is 7.87. The molecule has 0 spiro atoms. The summed E-state index contributed by atoms with van der Waals surface area (Å²) < 4.78 is 30.4. The molecule has 140 valence electrons. The van der Waals surface area contributed by atoms with E-state index in [9.17, 15) is 13.2 Å². The van der Waals surface area contributed by atoms with Crippen LogP contribution in [0.2, 0.25) is 0 Å². The van der Waals surface area contributed by atoms with Crippen molar-refractivity contribution in [2.24, 2.45) is 0 Å². The average molecular weight is 368 g/mol. The predicted molar refractivity (Wildman–Crippen MR) is 98.0 cm³/mol. The molecule has 0 saturated heterocycles. The zero-order valence-electron chi connectivity index (χ0n) is 14.5. The summed E-state index contributed by atoms with van der Waals surface area (Å²) in [6.45, 7) is 0.357. The van der Waals surface area contributed by atoms with Gasteiger partial charge >= 0.3 is 0 Å². The maximum absolute atomic E-state index is 12.7. The minimum Gasteiger partial charge on any atom is -0.352 e. The fraction of sp³-hybridized carbons (Fsp3) is 0.611. The SMILES string of the molecule is O=C(NC1CCCCC1)[C@@H](Cc1ccccc1)NCCCS(=O)(=O)O. The fourth-order valence-electron chi connectivity index (χ4n) is 3.19. The van der Waals surface area contributed by atoms with Gasteiger partial charge in [0.25, 0.3) is 10.1 Å². The highest BCUT2D eigenvalue weighted by Crippen LogP contribution is 2.17. The first kappa shape index (κ1) is 19.9. The Balaban J connectivity index is 1.91. The highest BCUT2D eigenvalue weighted by Gasteiger charge is 2.22. The molecule has 6 nitrogen and oxygen atoms in total. The Labute approximate surface area is 150 Å². The van der Waals surface area contributed by atoms with Gasteiger partial charge in [0, 0.05) is 6.04 Å². The van der Waals surface area contributed by atoms with Crippen LogP contribution in [0.5, 0.6) is 0 Å². The van der Waals surface area contributed by atoms with Gasteiger partial charge in [-0.25, -0.2) is 0 Å². The molecule has 1 saturated carbocycles. The highest BCUT2D eigenvalue weighted by molar-refractivity contribution is 7.85. The van der Waals surface area contributed by atoms with Gasteiger partial charge in [-0.1, -0.05) is 49.6 Å². The minimum atomic E-state index is -3.96. The lowest BCUT2D eigenvalue weighted by molar-refractivity contribution is -0.124. The van der Waals surface area contributed by atoms with E-state index in [2.05, 4.69) is 10.6 Å². The van der Waals surface area contributed by atoms with Crippen LogP contribution < -0.4 is 10.6 Å². The Morgan fingerprint density at radius 1 is 1.16 bits per heavy atom. The molecule has 1 fully saturated rings. The lowest BCUT2D eigenvalue weighted by atomic mass is 9.95. The number of hydrogen-bond donors (Lipinski definition) is 3. The Morgan fingerprint density at radius 3 is 2.48 bits per heavy atom. The summed E-state index contributed by atoms with van der Waals surface area (Å²) >= 11 is 0. The zero-order valence-corrected chi connectivity index (χ0v) is 15.3. The van der Waals surface area contributed by atoms with Gasteiger partial charge in [0.2, 0.25) is 5.91 Å². The van der Waals surface area contributed by atoms with E-state index in [1.807, 2.05) is 30.3 Å². The fourth-order valence-corrected chi connectivity index (χ4v) is 3.70. The molecule has 1 aliphatic rings. The Hall–Kier alpha value is -1.44. The first-order valence-electron chi connectivity index (χ1n) is 8.97. The van der Waals surface area contributed by atoms with Gasteiger partial charge < -0.3 is 10.6 Å². The van der Waals surface area contributed by atoms with Crippen LogP contribution in [-0.2, 0) is 21.3 Å². The normalized spacial score (nSPS) is 17.2. The van der Waals surface area contributed by atoms with Crippen molar-refractivity contribution in [3.05, 3.63) is 35.9 Å². The van der Waals surface area contributed by atoms with E-state index in [0.29, 0.717) is 13.0 Å². The summed E-state index contributed by atoms with van der Waals surface area (Å²) in [5, 5.41) is 6.27. The van der Waals surface area contributed by atoms with Crippen LogP contribution in [0.3, 0.4) is 0 Å². The van der Waals surface area contributed by atoms with Crippen LogP contribution in [-0.4, -0.2) is 43.3 Å². The van der Waals surface area contributed by atoms with Gasteiger partial charge in [-0.15, -0.1) is 0 Å². The molecule has 0 heterocycles. The minimum absolute atomic E-state index is 0.0393. The largest absolute Gasteiger partial charge is 0.352 e. The Morgan fingerprint density at radius 2 is 1.84 bits per heavy atom. The van der Waals surface area contributed by atoms with Crippen molar-refractivity contribution < 1.29 is 17.8 Å². The number of benzene rings is 1. The molecule has 25 heavy (non-hydrogen) atoms. The summed E-state index contributed by atoms with van der Waals surface area (Å²) in [4.78, 5) is 12.7. The van der Waals surface area contributed by atoms with Crippen molar-refractivity contribution in [3.8, 4) is 0 Å². The van der Waals surface area contributed by atoms with Crippen molar-refractivity contribution in [3.63, 3.8) is 0 Å². The first-order valence-corrected chi connectivity index (χ1v) is 10.6. The van der Waals surface area contributed by atoms with E-state index in [1.54, 1.807) is 0 Å².